The molecule has 0 spiro atoms. The van der Waals surface area contributed by atoms with Crippen LogP contribution in [0, 0.1) is 0 Å². The quantitative estimate of drug-likeness (QED) is 0.233. The van der Waals surface area contributed by atoms with Crippen molar-refractivity contribution >= 4 is 51.0 Å². The number of alkyl halides is 3. The zero-order valence-electron chi connectivity index (χ0n) is 18.6. The highest BCUT2D eigenvalue weighted by Crippen LogP contribution is 2.38. The van der Waals surface area contributed by atoms with Crippen LogP contribution in [0.5, 0.6) is 5.75 Å². The van der Waals surface area contributed by atoms with Crippen LogP contribution in [0.4, 0.5) is 13.2 Å². The first-order valence-electron chi connectivity index (χ1n) is 10.9. The van der Waals surface area contributed by atoms with Crippen LogP contribution < -0.4 is 4.74 Å². The van der Waals surface area contributed by atoms with E-state index in [4.69, 9.17) is 37.6 Å². The molecule has 0 aliphatic carbocycles. The van der Waals surface area contributed by atoms with Gasteiger partial charge >= 0.3 is 12.1 Å². The van der Waals surface area contributed by atoms with Gasteiger partial charge in [0.25, 0.3) is 0 Å². The third kappa shape index (κ3) is 5.21. The summed E-state index contributed by atoms with van der Waals surface area (Å²) in [5.41, 5.74) is 0.850. The Morgan fingerprint density at radius 2 is 1.97 bits per heavy atom. The van der Waals surface area contributed by atoms with Gasteiger partial charge in [-0.2, -0.15) is 13.2 Å². The van der Waals surface area contributed by atoms with Gasteiger partial charge in [-0.1, -0.05) is 41.7 Å². The largest absolute Gasteiger partial charge is 0.493 e. The number of aryl methyl sites for hydroxylation is 2. The Morgan fingerprint density at radius 3 is 2.66 bits per heavy atom. The van der Waals surface area contributed by atoms with Crippen molar-refractivity contribution in [1.82, 2.24) is 9.72 Å². The lowest BCUT2D eigenvalue weighted by Crippen LogP contribution is -2.07. The van der Waals surface area contributed by atoms with Gasteiger partial charge in [-0.15, -0.1) is 0 Å². The van der Waals surface area contributed by atoms with Crippen molar-refractivity contribution in [3.63, 3.8) is 0 Å². The van der Waals surface area contributed by atoms with Crippen molar-refractivity contribution in [1.29, 1.82) is 0 Å². The SMILES string of the molecule is CCCc1c(OCCCn2cc(Cl)c3cc(CC(=O)O)c(Cl)cc32)ccc2c(C(F)(F)F)noc12. The van der Waals surface area contributed by atoms with E-state index in [2.05, 4.69) is 5.16 Å². The number of nitrogens with zero attached hydrogens (tertiary/aromatic N) is 2. The molecule has 0 bridgehead atoms. The van der Waals surface area contributed by atoms with Gasteiger partial charge < -0.3 is 18.9 Å². The molecule has 4 aromatic rings. The van der Waals surface area contributed by atoms with Crippen molar-refractivity contribution in [3.8, 4) is 5.75 Å². The van der Waals surface area contributed by atoms with Gasteiger partial charge in [-0.25, -0.2) is 0 Å². The summed E-state index contributed by atoms with van der Waals surface area (Å²) >= 11 is 12.6. The summed E-state index contributed by atoms with van der Waals surface area (Å²) in [6, 6.07) is 6.21. The molecule has 2 heterocycles. The average molecular weight is 529 g/mol. The van der Waals surface area contributed by atoms with Crippen molar-refractivity contribution < 1.29 is 32.3 Å². The van der Waals surface area contributed by atoms with Gasteiger partial charge in [0.05, 0.1) is 29.0 Å². The fraction of sp³-hybridized carbons (Fsp3) is 0.333. The molecule has 0 saturated heterocycles. The lowest BCUT2D eigenvalue weighted by molar-refractivity contribution is -0.141. The molecule has 186 valence electrons. The Kier molecular flexibility index (Phi) is 7.19. The molecule has 0 unspecified atom stereocenters. The van der Waals surface area contributed by atoms with Crippen LogP contribution in [-0.4, -0.2) is 27.4 Å². The normalized spacial score (nSPS) is 12.1. The second kappa shape index (κ2) is 9.99. The number of hydrogen-bond acceptors (Lipinski definition) is 4. The van der Waals surface area contributed by atoms with Crippen LogP contribution in [0.1, 0.15) is 36.6 Å². The van der Waals surface area contributed by atoms with Crippen molar-refractivity contribution in [2.75, 3.05) is 6.61 Å². The number of rotatable bonds is 9. The average Bonchev–Trinajstić information content (AvgIpc) is 3.34. The molecular weight excluding hydrogens is 508 g/mol. The van der Waals surface area contributed by atoms with E-state index in [0.29, 0.717) is 64.7 Å². The van der Waals surface area contributed by atoms with E-state index >= 15 is 0 Å². The zero-order valence-corrected chi connectivity index (χ0v) is 20.1. The number of hydrogen-bond donors (Lipinski definition) is 1. The molecule has 2 aromatic heterocycles. The van der Waals surface area contributed by atoms with Gasteiger partial charge in [0.2, 0.25) is 0 Å². The van der Waals surface area contributed by atoms with E-state index < -0.39 is 17.8 Å². The first-order valence-corrected chi connectivity index (χ1v) is 11.7. The number of fused-ring (bicyclic) bond motifs is 2. The van der Waals surface area contributed by atoms with Crippen molar-refractivity contribution in [2.24, 2.45) is 0 Å². The monoisotopic (exact) mass is 528 g/mol. The number of aliphatic carboxylic acids is 1. The van der Waals surface area contributed by atoms with E-state index in [1.165, 1.54) is 12.1 Å². The minimum absolute atomic E-state index is 0.0825. The molecule has 35 heavy (non-hydrogen) atoms. The number of benzene rings is 2. The number of aromatic nitrogens is 2. The molecule has 1 N–H and O–H groups in total. The minimum atomic E-state index is -4.60. The van der Waals surface area contributed by atoms with Crippen LogP contribution in [0.2, 0.25) is 10.0 Å². The fourth-order valence-corrected chi connectivity index (χ4v) is 4.57. The molecule has 0 saturated carbocycles. The smallest absolute Gasteiger partial charge is 0.437 e. The molecule has 0 aliphatic rings. The van der Waals surface area contributed by atoms with E-state index in [0.717, 1.165) is 5.52 Å². The summed E-state index contributed by atoms with van der Waals surface area (Å²) in [4.78, 5) is 11.1. The Balaban J connectivity index is 1.50. The Morgan fingerprint density at radius 1 is 1.20 bits per heavy atom. The zero-order chi connectivity index (χ0) is 25.3. The summed E-state index contributed by atoms with van der Waals surface area (Å²) in [7, 11) is 0. The second-order valence-corrected chi connectivity index (χ2v) is 8.92. The molecule has 6 nitrogen and oxygen atoms in total. The molecule has 0 amide bonds. The van der Waals surface area contributed by atoms with Crippen molar-refractivity contribution in [2.45, 2.75) is 45.3 Å². The maximum absolute atomic E-state index is 13.2. The second-order valence-electron chi connectivity index (χ2n) is 8.10. The standard InChI is InChI=1S/C24H21Cl2F3N2O4/c1-2-4-14-20(6-5-15-22(14)35-30-23(15)24(27,28)29)34-8-3-7-31-12-18(26)16-9-13(10-21(32)33)17(25)11-19(16)31/h5-6,9,11-12H,2-4,7-8,10H2,1H3,(H,32,33). The maximum atomic E-state index is 13.2. The van der Waals surface area contributed by atoms with Crippen LogP contribution >= 0.6 is 23.2 Å². The molecule has 0 aliphatic heterocycles. The predicted molar refractivity (Wildman–Crippen MR) is 126 cm³/mol. The van der Waals surface area contributed by atoms with Gasteiger partial charge in [0.1, 0.15) is 5.75 Å². The summed E-state index contributed by atoms with van der Waals surface area (Å²) in [6.45, 7) is 2.74. The topological polar surface area (TPSA) is 77.5 Å². The summed E-state index contributed by atoms with van der Waals surface area (Å²) in [5, 5.41) is 13.7. The molecule has 4 rings (SSSR count). The predicted octanol–water partition coefficient (Wildman–Crippen LogP) is 7.16. The highest BCUT2D eigenvalue weighted by atomic mass is 35.5. The third-order valence-electron chi connectivity index (χ3n) is 5.61. The third-order valence-corrected chi connectivity index (χ3v) is 6.27. The molecule has 0 fully saturated rings. The summed E-state index contributed by atoms with van der Waals surface area (Å²) in [6.07, 6.45) is -1.32. The number of ether oxygens (including phenoxy) is 1. The first kappa shape index (κ1) is 25.2. The summed E-state index contributed by atoms with van der Waals surface area (Å²) in [5.74, 6) is -0.527. The first-order chi connectivity index (χ1) is 16.6. The van der Waals surface area contributed by atoms with Gasteiger partial charge in [-0.3, -0.25) is 4.79 Å². The van der Waals surface area contributed by atoms with E-state index in [-0.39, 0.29) is 17.4 Å². The number of halogens is 5. The summed E-state index contributed by atoms with van der Waals surface area (Å²) < 4.78 is 52.5. The number of carboxylic acids is 1. The molecule has 11 heteroatoms. The van der Waals surface area contributed by atoms with E-state index in [9.17, 15) is 18.0 Å². The maximum Gasteiger partial charge on any atom is 0.437 e. The lowest BCUT2D eigenvalue weighted by atomic mass is 10.0. The van der Waals surface area contributed by atoms with Crippen LogP contribution in [0.15, 0.2) is 35.0 Å². The molecule has 0 atom stereocenters. The number of carboxylic acid groups (broad SMARTS) is 1. The van der Waals surface area contributed by atoms with Gasteiger partial charge in [0, 0.05) is 28.7 Å². The molecular formula is C24H21Cl2F3N2O4. The van der Waals surface area contributed by atoms with Crippen LogP contribution in [0.3, 0.4) is 0 Å². The van der Waals surface area contributed by atoms with Crippen LogP contribution in [0.25, 0.3) is 21.9 Å². The van der Waals surface area contributed by atoms with Gasteiger partial charge in [0.15, 0.2) is 11.3 Å². The highest BCUT2D eigenvalue weighted by molar-refractivity contribution is 6.36. The van der Waals surface area contributed by atoms with Crippen molar-refractivity contribution in [3.05, 3.63) is 57.3 Å². The molecule has 2 aromatic carbocycles. The number of carbonyl (C=O) groups is 1. The van der Waals surface area contributed by atoms with E-state index in [1.807, 2.05) is 11.5 Å². The minimum Gasteiger partial charge on any atom is -0.493 e. The Bertz CT molecular complexity index is 1400. The van der Waals surface area contributed by atoms with Crippen LogP contribution in [-0.2, 0) is 30.4 Å². The fourth-order valence-electron chi connectivity index (χ4n) is 4.08. The highest BCUT2D eigenvalue weighted by Gasteiger charge is 2.37. The van der Waals surface area contributed by atoms with E-state index in [1.54, 1.807) is 18.3 Å². The lowest BCUT2D eigenvalue weighted by Gasteiger charge is -2.12. The Hall–Kier alpha value is -2.91. The molecule has 0 radical (unpaired) electrons. The Labute approximate surface area is 208 Å². The van der Waals surface area contributed by atoms with Gasteiger partial charge in [-0.05, 0) is 42.7 Å².